The molecule has 31 heavy (non-hydrogen) atoms. The molecule has 2 atom stereocenters. The fraction of sp³-hybridized carbons (Fsp3) is 0.522. The van der Waals surface area contributed by atoms with Gasteiger partial charge in [0.25, 0.3) is 5.56 Å². The normalized spacial score (nSPS) is 22.5. The number of anilines is 2. The van der Waals surface area contributed by atoms with E-state index < -0.39 is 12.7 Å². The molecule has 0 spiro atoms. The van der Waals surface area contributed by atoms with Crippen molar-refractivity contribution in [3.05, 3.63) is 58.4 Å². The highest BCUT2D eigenvalue weighted by Gasteiger charge is 2.33. The van der Waals surface area contributed by atoms with Crippen LogP contribution in [0.5, 0.6) is 0 Å². The number of alkyl halides is 2. The van der Waals surface area contributed by atoms with Crippen molar-refractivity contribution >= 4 is 11.5 Å². The molecule has 2 aromatic rings. The van der Waals surface area contributed by atoms with Crippen LogP contribution in [-0.4, -0.2) is 56.6 Å². The quantitative estimate of drug-likeness (QED) is 0.757. The van der Waals surface area contributed by atoms with Crippen molar-refractivity contribution in [2.75, 3.05) is 42.6 Å². The summed E-state index contributed by atoms with van der Waals surface area (Å²) in [6, 6.07) is 13.0. The molecule has 0 amide bonds. The minimum absolute atomic E-state index is 0.201. The molecule has 0 bridgehead atoms. The van der Waals surface area contributed by atoms with Gasteiger partial charge in [-0.15, -0.1) is 0 Å². The number of pyridine rings is 1. The Morgan fingerprint density at radius 2 is 1.87 bits per heavy atom. The molecular formula is C23H29F2N3O3. The molecule has 2 fully saturated rings. The van der Waals surface area contributed by atoms with Crippen LogP contribution < -0.4 is 15.4 Å². The molecule has 8 heteroatoms. The maximum atomic E-state index is 13.2. The van der Waals surface area contributed by atoms with Crippen molar-refractivity contribution in [3.8, 4) is 0 Å². The lowest BCUT2D eigenvalue weighted by atomic mass is 9.98. The Bertz CT molecular complexity index is 887. The van der Waals surface area contributed by atoms with Crippen molar-refractivity contribution in [1.29, 1.82) is 0 Å². The minimum atomic E-state index is -2.83. The van der Waals surface area contributed by atoms with Gasteiger partial charge in [-0.2, -0.15) is 8.78 Å². The highest BCUT2D eigenvalue weighted by molar-refractivity contribution is 5.56. The van der Waals surface area contributed by atoms with Crippen LogP contribution in [0.4, 0.5) is 20.3 Å². The number of nitrogens with one attached hydrogen (secondary N) is 1. The molecule has 1 aromatic carbocycles. The lowest BCUT2D eigenvalue weighted by molar-refractivity contribution is -0.169. The van der Waals surface area contributed by atoms with E-state index in [4.69, 9.17) is 9.47 Å². The SMILES string of the molecule is O=c1cc(N2CCOCC2)cc(N2CCCC[C@@H](OC(F)F)[C@@H]2Cc2ccccc2)[nH]1. The van der Waals surface area contributed by atoms with E-state index in [-0.39, 0.29) is 11.6 Å². The van der Waals surface area contributed by atoms with Crippen molar-refractivity contribution in [1.82, 2.24) is 4.98 Å². The van der Waals surface area contributed by atoms with Crippen molar-refractivity contribution < 1.29 is 18.3 Å². The van der Waals surface area contributed by atoms with E-state index in [9.17, 15) is 13.6 Å². The Labute approximate surface area is 180 Å². The third kappa shape index (κ3) is 5.62. The average molecular weight is 433 g/mol. The van der Waals surface area contributed by atoms with Gasteiger partial charge in [0.2, 0.25) is 0 Å². The molecule has 3 heterocycles. The molecule has 2 aliphatic heterocycles. The second-order valence-corrected chi connectivity index (χ2v) is 8.07. The zero-order valence-corrected chi connectivity index (χ0v) is 17.5. The molecule has 0 saturated carbocycles. The summed E-state index contributed by atoms with van der Waals surface area (Å²) in [5, 5.41) is 0. The summed E-state index contributed by atoms with van der Waals surface area (Å²) in [6.07, 6.45) is 2.14. The van der Waals surface area contributed by atoms with Gasteiger partial charge in [-0.05, 0) is 31.2 Å². The Kier molecular flexibility index (Phi) is 7.19. The lowest BCUT2D eigenvalue weighted by Gasteiger charge is -2.37. The number of aromatic amines is 1. The van der Waals surface area contributed by atoms with Gasteiger partial charge in [0, 0.05) is 37.5 Å². The van der Waals surface area contributed by atoms with E-state index in [1.807, 2.05) is 36.4 Å². The number of hydrogen-bond donors (Lipinski definition) is 1. The lowest BCUT2D eigenvalue weighted by Crippen LogP contribution is -2.47. The number of hydrogen-bond acceptors (Lipinski definition) is 5. The van der Waals surface area contributed by atoms with E-state index in [1.165, 1.54) is 0 Å². The zero-order chi connectivity index (χ0) is 21.6. The minimum Gasteiger partial charge on any atom is -0.378 e. The van der Waals surface area contributed by atoms with Crippen molar-refractivity contribution in [2.24, 2.45) is 0 Å². The summed E-state index contributed by atoms with van der Waals surface area (Å²) in [7, 11) is 0. The Hall–Kier alpha value is -2.45. The van der Waals surface area contributed by atoms with Gasteiger partial charge in [-0.25, -0.2) is 0 Å². The van der Waals surface area contributed by atoms with Gasteiger partial charge in [0.05, 0.1) is 25.4 Å². The largest absolute Gasteiger partial charge is 0.378 e. The zero-order valence-electron chi connectivity index (χ0n) is 17.5. The van der Waals surface area contributed by atoms with Crippen LogP contribution in [0.3, 0.4) is 0 Å². The molecule has 4 rings (SSSR count). The molecule has 1 N–H and O–H groups in total. The van der Waals surface area contributed by atoms with E-state index in [2.05, 4.69) is 14.8 Å². The summed E-state index contributed by atoms with van der Waals surface area (Å²) in [5.74, 6) is 0.652. The molecule has 2 aliphatic rings. The predicted molar refractivity (Wildman–Crippen MR) is 116 cm³/mol. The van der Waals surface area contributed by atoms with Crippen LogP contribution in [0, 0.1) is 0 Å². The number of H-pyrrole nitrogens is 1. The van der Waals surface area contributed by atoms with Crippen LogP contribution in [0.2, 0.25) is 0 Å². The summed E-state index contributed by atoms with van der Waals surface area (Å²) < 4.78 is 37.0. The van der Waals surface area contributed by atoms with Gasteiger partial charge in [0.15, 0.2) is 0 Å². The summed E-state index contributed by atoms with van der Waals surface area (Å²) in [4.78, 5) is 19.6. The first-order chi connectivity index (χ1) is 15.1. The predicted octanol–water partition coefficient (Wildman–Crippen LogP) is 3.42. The average Bonchev–Trinajstić information content (AvgIpc) is 2.96. The van der Waals surface area contributed by atoms with Crippen LogP contribution in [0.1, 0.15) is 24.8 Å². The second kappa shape index (κ2) is 10.2. The summed E-state index contributed by atoms with van der Waals surface area (Å²) in [5.41, 5.74) is 1.68. The fourth-order valence-corrected chi connectivity index (χ4v) is 4.55. The van der Waals surface area contributed by atoms with Gasteiger partial charge >= 0.3 is 6.61 Å². The number of benzene rings is 1. The van der Waals surface area contributed by atoms with Gasteiger partial charge in [0.1, 0.15) is 5.82 Å². The number of morpholine rings is 1. The highest BCUT2D eigenvalue weighted by atomic mass is 19.3. The number of ether oxygens (including phenoxy) is 2. The Morgan fingerprint density at radius 1 is 1.10 bits per heavy atom. The first-order valence-corrected chi connectivity index (χ1v) is 10.9. The molecule has 168 valence electrons. The molecule has 0 unspecified atom stereocenters. The van der Waals surface area contributed by atoms with Crippen molar-refractivity contribution in [2.45, 2.75) is 44.4 Å². The third-order valence-corrected chi connectivity index (χ3v) is 6.03. The maximum absolute atomic E-state index is 13.2. The Balaban J connectivity index is 1.68. The topological polar surface area (TPSA) is 57.8 Å². The van der Waals surface area contributed by atoms with Crippen molar-refractivity contribution in [3.63, 3.8) is 0 Å². The molecule has 2 saturated heterocycles. The first-order valence-electron chi connectivity index (χ1n) is 10.9. The molecular weight excluding hydrogens is 404 g/mol. The smallest absolute Gasteiger partial charge is 0.345 e. The number of aromatic nitrogens is 1. The molecule has 0 aliphatic carbocycles. The monoisotopic (exact) mass is 433 g/mol. The summed E-state index contributed by atoms with van der Waals surface area (Å²) >= 11 is 0. The number of nitrogens with zero attached hydrogens (tertiary/aromatic N) is 2. The maximum Gasteiger partial charge on any atom is 0.345 e. The van der Waals surface area contributed by atoms with Crippen LogP contribution in [0.25, 0.3) is 0 Å². The van der Waals surface area contributed by atoms with Gasteiger partial charge in [-0.3, -0.25) is 4.79 Å². The van der Waals surface area contributed by atoms with Gasteiger partial charge in [-0.1, -0.05) is 30.3 Å². The summed E-state index contributed by atoms with van der Waals surface area (Å²) in [6.45, 7) is 0.505. The van der Waals surface area contributed by atoms with Crippen LogP contribution in [-0.2, 0) is 15.9 Å². The first kappa shape index (κ1) is 21.8. The van der Waals surface area contributed by atoms with Crippen LogP contribution >= 0.6 is 0 Å². The van der Waals surface area contributed by atoms with E-state index in [0.717, 1.165) is 24.1 Å². The molecule has 1 aromatic heterocycles. The molecule has 0 radical (unpaired) electrons. The standard InChI is InChI=1S/C23H29F2N3O3/c24-23(25)31-20-8-4-5-9-28(19(20)14-17-6-2-1-3-7-17)21-15-18(16-22(29)26-21)27-10-12-30-13-11-27/h1-3,6-7,15-16,19-20,23H,4-5,8-14H2,(H,26,29)/t19-,20+/m0/s1. The second-order valence-electron chi connectivity index (χ2n) is 8.07. The van der Waals surface area contributed by atoms with E-state index >= 15 is 0 Å². The van der Waals surface area contributed by atoms with E-state index in [1.54, 1.807) is 6.07 Å². The van der Waals surface area contributed by atoms with Gasteiger partial charge < -0.3 is 24.3 Å². The number of halogens is 2. The Morgan fingerprint density at radius 3 is 2.61 bits per heavy atom. The van der Waals surface area contributed by atoms with Crippen LogP contribution in [0.15, 0.2) is 47.3 Å². The fourth-order valence-electron chi connectivity index (χ4n) is 4.55. The molecule has 6 nitrogen and oxygen atoms in total. The van der Waals surface area contributed by atoms with E-state index in [0.29, 0.717) is 51.5 Å². The highest BCUT2D eigenvalue weighted by Crippen LogP contribution is 2.30. The third-order valence-electron chi connectivity index (χ3n) is 6.03. The number of rotatable bonds is 6.